The number of aliphatic hydroxyl groups is 1. The molecule has 0 aromatic carbocycles. The lowest BCUT2D eigenvalue weighted by molar-refractivity contribution is 0.214. The number of nitrogen functional groups attached to an aromatic ring is 1. The highest BCUT2D eigenvalue weighted by molar-refractivity contribution is 5.47. The van der Waals surface area contributed by atoms with Gasteiger partial charge in [0.05, 0.1) is 5.69 Å². The fourth-order valence-electron chi connectivity index (χ4n) is 1.72. The van der Waals surface area contributed by atoms with Gasteiger partial charge in [-0.05, 0) is 31.5 Å². The summed E-state index contributed by atoms with van der Waals surface area (Å²) in [5.41, 5.74) is 7.80. The lowest BCUT2D eigenvalue weighted by Gasteiger charge is -2.14. The van der Waals surface area contributed by atoms with Crippen LogP contribution in [-0.2, 0) is 0 Å². The average Bonchev–Trinajstić information content (AvgIpc) is 2.28. The standard InChI is InChI=1S/C12H14N4O/c1-7-3-5-15-12(13)10(7)11(17)9-4-6-14-8(2)16-9/h3-6,11,17H,1-2H3,(H2,13,15). The monoisotopic (exact) mass is 230 g/mol. The molecule has 17 heavy (non-hydrogen) atoms. The first kappa shape index (κ1) is 11.5. The first-order chi connectivity index (χ1) is 8.09. The van der Waals surface area contributed by atoms with E-state index in [4.69, 9.17) is 5.73 Å². The molecule has 2 aromatic heterocycles. The molecule has 0 aliphatic carbocycles. The van der Waals surface area contributed by atoms with Crippen LogP contribution in [0.3, 0.4) is 0 Å². The van der Waals surface area contributed by atoms with Gasteiger partial charge in [-0.15, -0.1) is 0 Å². The Morgan fingerprint density at radius 3 is 2.53 bits per heavy atom. The van der Waals surface area contributed by atoms with Gasteiger partial charge >= 0.3 is 0 Å². The molecule has 1 atom stereocenters. The lowest BCUT2D eigenvalue weighted by Crippen LogP contribution is -2.09. The molecule has 0 aliphatic rings. The number of nitrogens with zero attached hydrogens (tertiary/aromatic N) is 3. The van der Waals surface area contributed by atoms with Gasteiger partial charge in [0, 0.05) is 18.0 Å². The summed E-state index contributed by atoms with van der Waals surface area (Å²) in [6.45, 7) is 3.65. The Kier molecular flexibility index (Phi) is 3.01. The molecule has 0 spiro atoms. The minimum atomic E-state index is -0.870. The number of aromatic nitrogens is 3. The van der Waals surface area contributed by atoms with E-state index in [1.54, 1.807) is 25.4 Å². The van der Waals surface area contributed by atoms with Gasteiger partial charge in [0.15, 0.2) is 0 Å². The summed E-state index contributed by atoms with van der Waals surface area (Å²) in [4.78, 5) is 12.2. The summed E-state index contributed by atoms with van der Waals surface area (Å²) in [5, 5.41) is 10.3. The maximum Gasteiger partial charge on any atom is 0.129 e. The normalized spacial score (nSPS) is 12.4. The van der Waals surface area contributed by atoms with E-state index >= 15 is 0 Å². The summed E-state index contributed by atoms with van der Waals surface area (Å²) < 4.78 is 0. The summed E-state index contributed by atoms with van der Waals surface area (Å²) >= 11 is 0. The third kappa shape index (κ3) is 2.24. The zero-order valence-electron chi connectivity index (χ0n) is 9.75. The first-order valence-electron chi connectivity index (χ1n) is 5.28. The predicted octanol–water partition coefficient (Wildman–Crippen LogP) is 1.15. The van der Waals surface area contributed by atoms with Crippen LogP contribution in [0.4, 0.5) is 5.82 Å². The number of anilines is 1. The molecule has 2 rings (SSSR count). The fraction of sp³-hybridized carbons (Fsp3) is 0.250. The van der Waals surface area contributed by atoms with Crippen LogP contribution in [0.15, 0.2) is 24.5 Å². The molecule has 88 valence electrons. The van der Waals surface area contributed by atoms with E-state index in [2.05, 4.69) is 15.0 Å². The van der Waals surface area contributed by atoms with Gasteiger partial charge in [-0.1, -0.05) is 0 Å². The molecule has 3 N–H and O–H groups in total. The van der Waals surface area contributed by atoms with Crippen LogP contribution in [0.5, 0.6) is 0 Å². The third-order valence-electron chi connectivity index (χ3n) is 2.59. The molecule has 0 fully saturated rings. The van der Waals surface area contributed by atoms with Crippen LogP contribution in [0.2, 0.25) is 0 Å². The van der Waals surface area contributed by atoms with Gasteiger partial charge in [-0.2, -0.15) is 0 Å². The van der Waals surface area contributed by atoms with Crippen molar-refractivity contribution in [1.29, 1.82) is 0 Å². The van der Waals surface area contributed by atoms with E-state index in [1.807, 2.05) is 13.0 Å². The second kappa shape index (κ2) is 4.47. The van der Waals surface area contributed by atoms with Crippen molar-refractivity contribution >= 4 is 5.82 Å². The van der Waals surface area contributed by atoms with E-state index < -0.39 is 6.10 Å². The third-order valence-corrected chi connectivity index (χ3v) is 2.59. The molecule has 2 aromatic rings. The summed E-state index contributed by atoms with van der Waals surface area (Å²) in [6.07, 6.45) is 2.36. The molecule has 0 saturated heterocycles. The Bertz CT molecular complexity index is 522. The molecule has 2 heterocycles. The number of hydrogen-bond donors (Lipinski definition) is 2. The van der Waals surface area contributed by atoms with Gasteiger partial charge in [-0.25, -0.2) is 15.0 Å². The number of hydrogen-bond acceptors (Lipinski definition) is 5. The summed E-state index contributed by atoms with van der Waals surface area (Å²) in [7, 11) is 0. The molecule has 0 bridgehead atoms. The Morgan fingerprint density at radius 1 is 1.18 bits per heavy atom. The molecule has 0 saturated carbocycles. The fourth-order valence-corrected chi connectivity index (χ4v) is 1.72. The Hall–Kier alpha value is -2.01. The Labute approximate surface area is 99.4 Å². The number of nitrogens with two attached hydrogens (primary N) is 1. The van der Waals surface area contributed by atoms with Crippen molar-refractivity contribution in [2.45, 2.75) is 20.0 Å². The van der Waals surface area contributed by atoms with Crippen molar-refractivity contribution in [3.8, 4) is 0 Å². The maximum atomic E-state index is 10.3. The van der Waals surface area contributed by atoms with Gasteiger partial charge in [-0.3, -0.25) is 0 Å². The second-order valence-corrected chi connectivity index (χ2v) is 3.86. The highest BCUT2D eigenvalue weighted by Crippen LogP contribution is 2.26. The number of aliphatic hydroxyl groups excluding tert-OH is 1. The minimum absolute atomic E-state index is 0.328. The van der Waals surface area contributed by atoms with E-state index in [1.165, 1.54) is 0 Å². The molecule has 0 amide bonds. The molecular weight excluding hydrogens is 216 g/mol. The quantitative estimate of drug-likeness (QED) is 0.808. The van der Waals surface area contributed by atoms with E-state index in [0.717, 1.165) is 5.56 Å². The van der Waals surface area contributed by atoms with Crippen molar-refractivity contribution in [1.82, 2.24) is 15.0 Å². The van der Waals surface area contributed by atoms with Crippen LogP contribution in [0.25, 0.3) is 0 Å². The van der Waals surface area contributed by atoms with Gasteiger partial charge < -0.3 is 10.8 Å². The molecule has 0 aliphatic heterocycles. The van der Waals surface area contributed by atoms with Gasteiger partial charge in [0.25, 0.3) is 0 Å². The van der Waals surface area contributed by atoms with Crippen molar-refractivity contribution in [3.05, 3.63) is 47.2 Å². The predicted molar refractivity (Wildman–Crippen MR) is 64.2 cm³/mol. The molecule has 0 radical (unpaired) electrons. The Balaban J connectivity index is 2.47. The SMILES string of the molecule is Cc1nccc(C(O)c2c(C)ccnc2N)n1. The van der Waals surface area contributed by atoms with Crippen molar-refractivity contribution in [2.75, 3.05) is 5.73 Å². The minimum Gasteiger partial charge on any atom is -0.383 e. The van der Waals surface area contributed by atoms with Crippen molar-refractivity contribution < 1.29 is 5.11 Å². The van der Waals surface area contributed by atoms with Crippen LogP contribution < -0.4 is 5.73 Å². The average molecular weight is 230 g/mol. The van der Waals surface area contributed by atoms with Crippen molar-refractivity contribution in [3.63, 3.8) is 0 Å². The lowest BCUT2D eigenvalue weighted by atomic mass is 10.0. The van der Waals surface area contributed by atoms with Crippen LogP contribution >= 0.6 is 0 Å². The van der Waals surface area contributed by atoms with Gasteiger partial charge in [0.2, 0.25) is 0 Å². The topological polar surface area (TPSA) is 84.9 Å². The maximum absolute atomic E-state index is 10.3. The number of aryl methyl sites for hydroxylation is 2. The molecule has 5 heteroatoms. The van der Waals surface area contributed by atoms with E-state index in [9.17, 15) is 5.11 Å². The molecular formula is C12H14N4O. The zero-order chi connectivity index (χ0) is 12.4. The van der Waals surface area contributed by atoms with Crippen molar-refractivity contribution in [2.24, 2.45) is 0 Å². The highest BCUT2D eigenvalue weighted by atomic mass is 16.3. The summed E-state index contributed by atoms with van der Waals surface area (Å²) in [6, 6.07) is 3.48. The zero-order valence-corrected chi connectivity index (χ0v) is 9.75. The summed E-state index contributed by atoms with van der Waals surface area (Å²) in [5.74, 6) is 0.940. The van der Waals surface area contributed by atoms with Crippen LogP contribution in [0, 0.1) is 13.8 Å². The highest BCUT2D eigenvalue weighted by Gasteiger charge is 2.18. The van der Waals surface area contributed by atoms with E-state index in [0.29, 0.717) is 22.9 Å². The largest absolute Gasteiger partial charge is 0.383 e. The smallest absolute Gasteiger partial charge is 0.129 e. The number of rotatable bonds is 2. The second-order valence-electron chi connectivity index (χ2n) is 3.86. The van der Waals surface area contributed by atoms with Crippen LogP contribution in [0.1, 0.15) is 28.7 Å². The Morgan fingerprint density at radius 2 is 1.88 bits per heavy atom. The van der Waals surface area contributed by atoms with Gasteiger partial charge in [0.1, 0.15) is 17.7 Å². The molecule has 1 unspecified atom stereocenters. The first-order valence-corrected chi connectivity index (χ1v) is 5.28. The number of pyridine rings is 1. The van der Waals surface area contributed by atoms with Crippen LogP contribution in [-0.4, -0.2) is 20.1 Å². The van der Waals surface area contributed by atoms with E-state index in [-0.39, 0.29) is 0 Å². The molecule has 5 nitrogen and oxygen atoms in total.